The quantitative estimate of drug-likeness (QED) is 0.801. The third-order valence-corrected chi connectivity index (χ3v) is 3.03. The maximum atomic E-state index is 12.3. The fourth-order valence-corrected chi connectivity index (χ4v) is 1.79. The fourth-order valence-electron chi connectivity index (χ4n) is 1.02. The number of ether oxygens (including phenoxy) is 2. The van der Waals surface area contributed by atoms with Gasteiger partial charge < -0.3 is 15.2 Å². The van der Waals surface area contributed by atoms with E-state index in [4.69, 9.17) is 15.2 Å². The zero-order chi connectivity index (χ0) is 12.9. The molecular weight excluding hydrogens is 257 g/mol. The highest BCUT2D eigenvalue weighted by Gasteiger charge is 2.35. The molecule has 0 saturated heterocycles. The van der Waals surface area contributed by atoms with Crippen molar-refractivity contribution in [2.75, 3.05) is 26.9 Å². The zero-order valence-corrected chi connectivity index (χ0v) is 9.98. The molecule has 0 bridgehead atoms. The van der Waals surface area contributed by atoms with Crippen LogP contribution >= 0.6 is 11.3 Å². The van der Waals surface area contributed by atoms with Gasteiger partial charge in [-0.2, -0.15) is 13.2 Å². The van der Waals surface area contributed by atoms with Gasteiger partial charge in [-0.3, -0.25) is 0 Å². The van der Waals surface area contributed by atoms with Gasteiger partial charge in [-0.05, 0) is 0 Å². The zero-order valence-electron chi connectivity index (χ0n) is 9.16. The van der Waals surface area contributed by atoms with Gasteiger partial charge in [0.15, 0.2) is 5.01 Å². The highest BCUT2D eigenvalue weighted by Crippen LogP contribution is 2.33. The van der Waals surface area contributed by atoms with Crippen LogP contribution in [0.5, 0.6) is 0 Å². The van der Waals surface area contributed by atoms with E-state index in [1.165, 1.54) is 7.11 Å². The van der Waals surface area contributed by atoms with Gasteiger partial charge in [0.1, 0.15) is 0 Å². The lowest BCUT2D eigenvalue weighted by atomic mass is 10.3. The number of hydrogen-bond donors (Lipinski definition) is 1. The summed E-state index contributed by atoms with van der Waals surface area (Å²) in [4.78, 5) is 3.64. The maximum Gasteiger partial charge on any atom is 0.443 e. The number of halogens is 3. The van der Waals surface area contributed by atoms with Crippen molar-refractivity contribution in [1.82, 2.24) is 4.98 Å². The molecule has 0 fully saturated rings. The number of aromatic nitrogens is 1. The molecule has 1 aromatic heterocycles. The summed E-state index contributed by atoms with van der Waals surface area (Å²) < 4.78 is 46.7. The predicted molar refractivity (Wildman–Crippen MR) is 56.7 cm³/mol. The molecule has 0 aromatic carbocycles. The number of rotatable bonds is 6. The van der Waals surface area contributed by atoms with E-state index in [1.807, 2.05) is 0 Å². The first-order valence-electron chi connectivity index (χ1n) is 4.80. The van der Waals surface area contributed by atoms with Crippen LogP contribution in [0.2, 0.25) is 0 Å². The van der Waals surface area contributed by atoms with Crippen LogP contribution in [0.25, 0.3) is 0 Å². The minimum absolute atomic E-state index is 0.142. The molecule has 4 nitrogen and oxygen atoms in total. The number of alkyl halides is 3. The minimum Gasteiger partial charge on any atom is -0.382 e. The second-order valence-corrected chi connectivity index (χ2v) is 4.30. The molecule has 0 spiro atoms. The van der Waals surface area contributed by atoms with E-state index in [0.29, 0.717) is 29.4 Å². The van der Waals surface area contributed by atoms with Crippen molar-refractivity contribution in [2.45, 2.75) is 12.2 Å². The van der Waals surface area contributed by atoms with E-state index in [0.717, 1.165) is 6.20 Å². The van der Waals surface area contributed by atoms with E-state index >= 15 is 0 Å². The van der Waals surface area contributed by atoms with Crippen molar-refractivity contribution in [3.63, 3.8) is 0 Å². The van der Waals surface area contributed by atoms with Crippen molar-refractivity contribution in [3.8, 4) is 0 Å². The molecule has 0 radical (unpaired) electrons. The lowest BCUT2D eigenvalue weighted by Crippen LogP contribution is -2.17. The summed E-state index contributed by atoms with van der Waals surface area (Å²) in [6, 6.07) is -0.597. The monoisotopic (exact) mass is 270 g/mol. The van der Waals surface area contributed by atoms with Gasteiger partial charge in [-0.25, -0.2) is 4.98 Å². The van der Waals surface area contributed by atoms with Crippen LogP contribution in [0.15, 0.2) is 6.20 Å². The molecule has 0 aliphatic heterocycles. The van der Waals surface area contributed by atoms with Gasteiger partial charge in [-0.15, -0.1) is 11.3 Å². The molecule has 2 N–H and O–H groups in total. The summed E-state index contributed by atoms with van der Waals surface area (Å²) in [7, 11) is 1.53. The van der Waals surface area contributed by atoms with Gasteiger partial charge >= 0.3 is 6.18 Å². The Labute approximate surface area is 101 Å². The van der Waals surface area contributed by atoms with E-state index in [-0.39, 0.29) is 6.61 Å². The van der Waals surface area contributed by atoms with Gasteiger partial charge in [-0.1, -0.05) is 0 Å². The lowest BCUT2D eigenvalue weighted by Gasteiger charge is -2.09. The topological polar surface area (TPSA) is 57.4 Å². The predicted octanol–water partition coefficient (Wildman–Crippen LogP) is 1.82. The Hall–Kier alpha value is -0.700. The Morgan fingerprint density at radius 2 is 2.18 bits per heavy atom. The molecule has 1 rings (SSSR count). The van der Waals surface area contributed by atoms with Crippen LogP contribution in [-0.2, 0) is 15.7 Å². The first kappa shape index (κ1) is 14.4. The van der Waals surface area contributed by atoms with E-state index in [2.05, 4.69) is 4.98 Å². The van der Waals surface area contributed by atoms with Gasteiger partial charge in [0.05, 0.1) is 25.9 Å². The third kappa shape index (κ3) is 4.58. The van der Waals surface area contributed by atoms with Crippen molar-refractivity contribution >= 4 is 11.3 Å². The summed E-state index contributed by atoms with van der Waals surface area (Å²) in [5.41, 5.74) is 5.67. The Balaban J connectivity index is 2.47. The number of nitrogens with zero attached hydrogens (tertiary/aromatic N) is 1. The number of nitrogens with two attached hydrogens (primary N) is 1. The van der Waals surface area contributed by atoms with Gasteiger partial charge in [0.2, 0.25) is 0 Å². The largest absolute Gasteiger partial charge is 0.443 e. The Morgan fingerprint density at radius 1 is 1.47 bits per heavy atom. The van der Waals surface area contributed by atoms with Crippen LogP contribution < -0.4 is 5.73 Å². The van der Waals surface area contributed by atoms with Crippen LogP contribution in [0, 0.1) is 0 Å². The summed E-state index contributed by atoms with van der Waals surface area (Å²) in [6.45, 7) is 0.918. The smallest absolute Gasteiger partial charge is 0.382 e. The molecule has 1 unspecified atom stereocenters. The second-order valence-electron chi connectivity index (χ2n) is 3.24. The standard InChI is InChI=1S/C9H13F3N2O2S/c1-15-2-3-16-5-6(13)7-4-14-8(17-7)9(10,11)12/h4,6H,2-3,5,13H2,1H3. The van der Waals surface area contributed by atoms with Crippen molar-refractivity contribution in [2.24, 2.45) is 5.73 Å². The highest BCUT2D eigenvalue weighted by atomic mass is 32.1. The molecule has 98 valence electrons. The molecule has 0 saturated carbocycles. The summed E-state index contributed by atoms with van der Waals surface area (Å²) in [6.07, 6.45) is -3.28. The van der Waals surface area contributed by atoms with E-state index in [9.17, 15) is 13.2 Å². The van der Waals surface area contributed by atoms with Crippen molar-refractivity contribution in [3.05, 3.63) is 16.1 Å². The molecule has 1 heterocycles. The van der Waals surface area contributed by atoms with Crippen LogP contribution in [0.4, 0.5) is 13.2 Å². The normalized spacial score (nSPS) is 13.9. The maximum absolute atomic E-state index is 12.3. The highest BCUT2D eigenvalue weighted by molar-refractivity contribution is 7.11. The Kier molecular flexibility index (Phi) is 5.31. The van der Waals surface area contributed by atoms with Crippen LogP contribution in [0.3, 0.4) is 0 Å². The first-order chi connectivity index (χ1) is 7.95. The molecular formula is C9H13F3N2O2S. The summed E-state index contributed by atoms with van der Waals surface area (Å²) in [5, 5.41) is -0.889. The number of hydrogen-bond acceptors (Lipinski definition) is 5. The number of methoxy groups -OCH3 is 1. The molecule has 1 aromatic rings. The second kappa shape index (κ2) is 6.29. The van der Waals surface area contributed by atoms with Gasteiger partial charge in [0, 0.05) is 18.2 Å². The van der Waals surface area contributed by atoms with E-state index < -0.39 is 17.2 Å². The van der Waals surface area contributed by atoms with Crippen molar-refractivity contribution < 1.29 is 22.6 Å². The van der Waals surface area contributed by atoms with Crippen LogP contribution in [0.1, 0.15) is 15.9 Å². The SMILES string of the molecule is COCCOCC(N)c1cnc(C(F)(F)F)s1. The minimum atomic E-state index is -4.42. The average Bonchev–Trinajstić information content (AvgIpc) is 2.72. The third-order valence-electron chi connectivity index (χ3n) is 1.86. The molecule has 8 heteroatoms. The average molecular weight is 270 g/mol. The molecule has 1 atom stereocenters. The van der Waals surface area contributed by atoms with Crippen molar-refractivity contribution in [1.29, 1.82) is 0 Å². The molecule has 0 aliphatic carbocycles. The molecule has 0 amide bonds. The first-order valence-corrected chi connectivity index (χ1v) is 5.62. The van der Waals surface area contributed by atoms with Gasteiger partial charge in [0.25, 0.3) is 0 Å². The van der Waals surface area contributed by atoms with E-state index in [1.54, 1.807) is 0 Å². The lowest BCUT2D eigenvalue weighted by molar-refractivity contribution is -0.137. The van der Waals surface area contributed by atoms with Crippen LogP contribution in [-0.4, -0.2) is 31.9 Å². The fraction of sp³-hybridized carbons (Fsp3) is 0.667. The summed E-state index contributed by atoms with van der Waals surface area (Å²) in [5.74, 6) is 0. The number of thiazole rings is 1. The molecule has 0 aliphatic rings. The summed E-state index contributed by atoms with van der Waals surface area (Å²) >= 11 is 0.539. The Morgan fingerprint density at radius 3 is 2.71 bits per heavy atom. The molecule has 17 heavy (non-hydrogen) atoms. The Bertz CT molecular complexity index is 343.